The van der Waals surface area contributed by atoms with Crippen LogP contribution in [0.1, 0.15) is 132 Å². The van der Waals surface area contributed by atoms with E-state index in [2.05, 4.69) is 46.3 Å². The van der Waals surface area contributed by atoms with E-state index in [0.717, 1.165) is 97.1 Å². The molecule has 7 rings (SSSR count). The zero-order valence-corrected chi connectivity index (χ0v) is 60.7. The number of nitrogens with one attached hydrogen (secondary N) is 1. The Bertz CT molecular complexity index is 3730. The van der Waals surface area contributed by atoms with Crippen molar-refractivity contribution < 1.29 is 157 Å². The van der Waals surface area contributed by atoms with Crippen LogP contribution in [0.2, 0.25) is 0 Å². The van der Waals surface area contributed by atoms with Crippen LogP contribution in [-0.4, -0.2) is 266 Å². The number of rotatable bonds is 34. The Morgan fingerprint density at radius 3 is 1.04 bits per heavy atom. The van der Waals surface area contributed by atoms with Crippen molar-refractivity contribution in [1.29, 1.82) is 0 Å². The number of amides is 1. The number of hydrogen-bond donors (Lipinski definition) is 1. The lowest BCUT2D eigenvalue weighted by Gasteiger charge is -2.46. The highest BCUT2D eigenvalue weighted by Gasteiger charge is 2.57. The normalized spacial score (nSPS) is 28.0. The zero-order chi connectivity index (χ0) is 79.2. The molecule has 20 atom stereocenters. The summed E-state index contributed by atoms with van der Waals surface area (Å²) in [5, 5.41) is 31.7. The molecule has 4 aliphatic heterocycles. The van der Waals surface area contributed by atoms with Crippen molar-refractivity contribution in [3.05, 3.63) is 46.1 Å². The fourth-order valence-corrected chi connectivity index (χ4v) is 11.8. The van der Waals surface area contributed by atoms with Gasteiger partial charge in [-0.3, -0.25) is 62.3 Å². The molecule has 46 heteroatoms. The summed E-state index contributed by atoms with van der Waals surface area (Å²) in [4.78, 5) is 166. The molecule has 4 aliphatic rings. The number of esters is 12. The predicted octanol–water partition coefficient (Wildman–Crippen LogP) is -1.14. The first-order chi connectivity index (χ1) is 51.2. The first kappa shape index (κ1) is 84.8. The first-order valence-electron chi connectivity index (χ1n) is 33.2. The lowest BCUT2D eigenvalue weighted by molar-refractivity contribution is -0.290. The van der Waals surface area contributed by atoms with E-state index < -0.39 is 246 Å². The standard InChI is InChI=1S/C62H83N13O33/c1-27(76)65-47-52(95-22-42-19-75(72-68-42)61-58(104-39(13)88)55(101-36(10)85)51(98-33(7)82)46(107-61)26-93-30(4)79)48(94-21-41-18-74(71-67-41)60-57(103-38(12)87)54(100-35(9)84)50(97-32(6)81)45(106-60)25-92-29(3)78)43(108-62(47)90-16-14-15-64-69-63)23-89-20-40-17-73(70-66-40)59-56(102-37(11)86)53(99-34(8)83)49(96-31(5)80)44(105-59)24-91-28(2)77/h17-19,43-62H,14-16,20-26H2,1-13H3,(H,65,76)/t43-,44-,45-,46-,47-,48-,49+,50+,51+,52-,53+,54+,55+,56-,57-,58-,59-,60-,61-,62-/m1/s1. The Labute approximate surface area is 612 Å². The minimum absolute atomic E-state index is 0.0319. The number of hydrogen-bond acceptors (Lipinski definition) is 40. The molecule has 0 saturated carbocycles. The summed E-state index contributed by atoms with van der Waals surface area (Å²) in [5.41, 5.74) is 9.03. The SMILES string of the molecule is CC(=O)N[C@H]1[C@H](OCCCN=[N+]=[N-])O[C@H](COCc2cn([C@@H]3O[C@H](COC(C)=O)[C@H](OC(C)=O)[C@H](OC(C)=O)[C@H]3OC(C)=O)nn2)[C@@H](OCc2cn([C@@H]3O[C@H](COC(C)=O)[C@H](OC(C)=O)[C@H](OC(C)=O)[C@H]3OC(C)=O)nn2)[C@@H]1OCc1cn([C@@H]2O[C@H](COC(C)=O)[C@H](OC(C)=O)[C@H](OC(C)=O)[C@H]2OC(C)=O)nn1. The minimum atomic E-state index is -1.65. The number of aromatic nitrogens is 9. The lowest BCUT2D eigenvalue weighted by atomic mass is 9.96. The summed E-state index contributed by atoms with van der Waals surface area (Å²) in [6, 6.07) is -1.38. The van der Waals surface area contributed by atoms with Crippen LogP contribution in [0.3, 0.4) is 0 Å². The summed E-state index contributed by atoms with van der Waals surface area (Å²) in [5.74, 6) is -11.1. The van der Waals surface area contributed by atoms with Gasteiger partial charge in [-0.2, -0.15) is 0 Å². The number of ether oxygens (including phenoxy) is 20. The molecule has 1 amide bonds. The van der Waals surface area contributed by atoms with Gasteiger partial charge < -0.3 is 100 Å². The number of carbonyl (C=O) groups excluding carboxylic acids is 13. The van der Waals surface area contributed by atoms with Crippen molar-refractivity contribution >= 4 is 77.5 Å². The minimum Gasteiger partial charge on any atom is -0.463 e. The van der Waals surface area contributed by atoms with Crippen molar-refractivity contribution in [2.45, 2.75) is 239 Å². The molecule has 594 valence electrons. The van der Waals surface area contributed by atoms with E-state index in [4.69, 9.17) is 100 Å². The molecule has 0 unspecified atom stereocenters. The summed E-state index contributed by atoms with van der Waals surface area (Å²) in [6.45, 7) is 9.71. The van der Waals surface area contributed by atoms with Crippen LogP contribution in [-0.2, 0) is 177 Å². The quantitative estimate of drug-likeness (QED) is 0.0184. The largest absolute Gasteiger partial charge is 0.463 e. The highest BCUT2D eigenvalue weighted by Crippen LogP contribution is 2.39. The average molecular weight is 1540 g/mol. The maximum Gasteiger partial charge on any atom is 0.303 e. The molecule has 0 radical (unpaired) electrons. The van der Waals surface area contributed by atoms with E-state index >= 15 is 0 Å². The molecule has 0 spiro atoms. The first-order valence-corrected chi connectivity index (χ1v) is 33.2. The van der Waals surface area contributed by atoms with E-state index in [9.17, 15) is 62.3 Å². The van der Waals surface area contributed by atoms with Gasteiger partial charge in [0.2, 0.25) is 5.91 Å². The summed E-state index contributed by atoms with van der Waals surface area (Å²) in [7, 11) is 0. The van der Waals surface area contributed by atoms with E-state index in [-0.39, 0.29) is 36.7 Å². The Morgan fingerprint density at radius 2 is 0.713 bits per heavy atom. The molecule has 46 nitrogen and oxygen atoms in total. The smallest absolute Gasteiger partial charge is 0.303 e. The van der Waals surface area contributed by atoms with Crippen molar-refractivity contribution in [2.75, 3.05) is 39.6 Å². The second-order valence-corrected chi connectivity index (χ2v) is 24.4. The molecule has 7 heterocycles. The predicted molar refractivity (Wildman–Crippen MR) is 339 cm³/mol. The lowest BCUT2D eigenvalue weighted by Crippen LogP contribution is -2.66. The molecular weight excluding hydrogens is 1450 g/mol. The average Bonchev–Trinajstić information content (AvgIpc) is 1.34. The van der Waals surface area contributed by atoms with Gasteiger partial charge >= 0.3 is 71.6 Å². The third-order valence-electron chi connectivity index (χ3n) is 15.5. The molecule has 3 aromatic heterocycles. The third kappa shape index (κ3) is 24.5. The van der Waals surface area contributed by atoms with Crippen molar-refractivity contribution in [2.24, 2.45) is 5.11 Å². The van der Waals surface area contributed by atoms with Crippen LogP contribution in [0.5, 0.6) is 0 Å². The molecule has 0 aromatic carbocycles. The van der Waals surface area contributed by atoms with Crippen LogP contribution in [0, 0.1) is 0 Å². The summed E-state index contributed by atoms with van der Waals surface area (Å²) < 4.78 is 121. The Hall–Kier alpha value is -10.5. The maximum atomic E-state index is 13.4. The van der Waals surface area contributed by atoms with Crippen LogP contribution in [0.25, 0.3) is 10.4 Å². The number of nitrogens with zero attached hydrogens (tertiary/aromatic N) is 12. The van der Waals surface area contributed by atoms with Crippen molar-refractivity contribution in [3.8, 4) is 0 Å². The van der Waals surface area contributed by atoms with Gasteiger partial charge in [-0.15, -0.1) is 15.3 Å². The second kappa shape index (κ2) is 39.9. The third-order valence-corrected chi connectivity index (χ3v) is 15.5. The molecule has 0 bridgehead atoms. The highest BCUT2D eigenvalue weighted by atomic mass is 16.7. The maximum absolute atomic E-state index is 13.4. The Kier molecular flexibility index (Phi) is 31.3. The van der Waals surface area contributed by atoms with E-state index in [0.29, 0.717) is 0 Å². The van der Waals surface area contributed by atoms with Gasteiger partial charge in [-0.1, -0.05) is 20.8 Å². The number of azide groups is 1. The fraction of sp³-hybridized carbons (Fsp3) is 0.694. The van der Waals surface area contributed by atoms with E-state index in [1.807, 2.05) is 0 Å². The topological polar surface area (TPSA) is 559 Å². The zero-order valence-electron chi connectivity index (χ0n) is 60.7. The van der Waals surface area contributed by atoms with E-state index in [1.54, 1.807) is 0 Å². The van der Waals surface area contributed by atoms with Gasteiger partial charge in [0.25, 0.3) is 0 Å². The molecule has 1 N–H and O–H groups in total. The van der Waals surface area contributed by atoms with Gasteiger partial charge in [0.15, 0.2) is 79.9 Å². The molecule has 4 saturated heterocycles. The monoisotopic (exact) mass is 1540 g/mol. The van der Waals surface area contributed by atoms with Gasteiger partial charge in [0.1, 0.15) is 79.6 Å². The van der Waals surface area contributed by atoms with Crippen molar-refractivity contribution in [3.63, 3.8) is 0 Å². The highest BCUT2D eigenvalue weighted by molar-refractivity contribution is 5.74. The Morgan fingerprint density at radius 1 is 0.398 bits per heavy atom. The Balaban J connectivity index is 1.30. The molecule has 4 fully saturated rings. The van der Waals surface area contributed by atoms with Gasteiger partial charge in [0, 0.05) is 108 Å². The molecule has 3 aromatic rings. The number of carbonyl (C=O) groups is 13. The van der Waals surface area contributed by atoms with Crippen LogP contribution < -0.4 is 5.32 Å². The summed E-state index contributed by atoms with van der Waals surface area (Å²) >= 11 is 0. The fourth-order valence-electron chi connectivity index (χ4n) is 11.8. The van der Waals surface area contributed by atoms with Gasteiger partial charge in [-0.25, -0.2) is 14.0 Å². The molecular formula is C62H83N13O33. The van der Waals surface area contributed by atoms with Crippen LogP contribution >= 0.6 is 0 Å². The van der Waals surface area contributed by atoms with Crippen LogP contribution in [0.15, 0.2) is 23.7 Å². The van der Waals surface area contributed by atoms with Crippen molar-refractivity contribution in [1.82, 2.24) is 50.3 Å². The molecule has 108 heavy (non-hydrogen) atoms. The van der Waals surface area contributed by atoms with Gasteiger partial charge in [0.05, 0.1) is 45.0 Å². The van der Waals surface area contributed by atoms with Gasteiger partial charge in [-0.05, 0) is 12.0 Å². The summed E-state index contributed by atoms with van der Waals surface area (Å²) in [6.07, 6.45) is -25.2. The van der Waals surface area contributed by atoms with E-state index in [1.165, 1.54) is 25.5 Å². The second-order valence-electron chi connectivity index (χ2n) is 24.4. The van der Waals surface area contributed by atoms with Crippen LogP contribution in [0.4, 0.5) is 0 Å². The molecule has 0 aliphatic carbocycles.